The Kier molecular flexibility index (Phi) is 3.38. The van der Waals surface area contributed by atoms with Gasteiger partial charge in [0.2, 0.25) is 0 Å². The topological polar surface area (TPSA) is 42.0 Å². The van der Waals surface area contributed by atoms with Crippen molar-refractivity contribution in [3.63, 3.8) is 0 Å². The van der Waals surface area contributed by atoms with Crippen molar-refractivity contribution in [2.45, 2.75) is 38.1 Å². The second-order valence-corrected chi connectivity index (χ2v) is 5.81. The van der Waals surface area contributed by atoms with E-state index in [0.29, 0.717) is 10.7 Å². The highest BCUT2D eigenvalue weighted by molar-refractivity contribution is 6.34. The van der Waals surface area contributed by atoms with Crippen molar-refractivity contribution in [1.29, 1.82) is 0 Å². The molecule has 1 aliphatic rings. The zero-order valence-electron chi connectivity index (χ0n) is 11.4. The Morgan fingerprint density at radius 3 is 2.65 bits per heavy atom. The largest absolute Gasteiger partial charge is 0.347 e. The van der Waals surface area contributed by atoms with Gasteiger partial charge in [-0.2, -0.15) is 0 Å². The number of rotatable bonds is 3. The summed E-state index contributed by atoms with van der Waals surface area (Å²) < 4.78 is 0. The molecule has 1 fully saturated rings. The van der Waals surface area contributed by atoms with Gasteiger partial charge in [0.1, 0.15) is 5.15 Å². The molecular weight excluding hydrogens is 272 g/mol. The number of carbonyl (C=O) groups is 1. The summed E-state index contributed by atoms with van der Waals surface area (Å²) in [5.74, 6) is -0.0492. The molecule has 1 aromatic carbocycles. The molecule has 0 spiro atoms. The van der Waals surface area contributed by atoms with Gasteiger partial charge in [-0.05, 0) is 31.1 Å². The fraction of sp³-hybridized carbons (Fsp3) is 0.375. The van der Waals surface area contributed by atoms with Gasteiger partial charge in [0.25, 0.3) is 5.91 Å². The van der Waals surface area contributed by atoms with E-state index in [9.17, 15) is 4.79 Å². The number of pyridine rings is 1. The number of carbonyl (C=O) groups excluding carboxylic acids is 1. The normalized spacial score (nSPS) is 16.7. The van der Waals surface area contributed by atoms with Crippen LogP contribution in [0.5, 0.6) is 0 Å². The zero-order chi connectivity index (χ0) is 14.2. The minimum absolute atomic E-state index is 0.0160. The standard InChI is InChI=1S/C16H17ClN2O/c1-2-16(8-5-9-16)19-15(20)13-10-18-14(17)12-7-4-3-6-11(12)13/h3-4,6-7,10H,2,5,8-9H2,1H3,(H,19,20). The molecule has 1 aromatic heterocycles. The number of hydrogen-bond acceptors (Lipinski definition) is 2. The maximum Gasteiger partial charge on any atom is 0.253 e. The van der Waals surface area contributed by atoms with Crippen LogP contribution in [-0.2, 0) is 0 Å². The maximum absolute atomic E-state index is 12.5. The van der Waals surface area contributed by atoms with Crippen LogP contribution in [0.1, 0.15) is 43.0 Å². The second-order valence-electron chi connectivity index (χ2n) is 5.45. The smallest absolute Gasteiger partial charge is 0.253 e. The van der Waals surface area contributed by atoms with Crippen LogP contribution in [0, 0.1) is 0 Å². The van der Waals surface area contributed by atoms with Crippen LogP contribution < -0.4 is 5.32 Å². The molecule has 1 amide bonds. The molecule has 2 aromatic rings. The lowest BCUT2D eigenvalue weighted by molar-refractivity contribution is 0.0822. The predicted molar refractivity (Wildman–Crippen MR) is 81.1 cm³/mol. The number of amides is 1. The third kappa shape index (κ3) is 2.16. The van der Waals surface area contributed by atoms with E-state index in [1.165, 1.54) is 6.42 Å². The molecule has 3 rings (SSSR count). The summed E-state index contributed by atoms with van der Waals surface area (Å²) in [6.45, 7) is 2.12. The summed E-state index contributed by atoms with van der Waals surface area (Å²) in [4.78, 5) is 16.7. The van der Waals surface area contributed by atoms with Crippen molar-refractivity contribution in [1.82, 2.24) is 10.3 Å². The molecular formula is C16H17ClN2O. The lowest BCUT2D eigenvalue weighted by Crippen LogP contribution is -2.53. The summed E-state index contributed by atoms with van der Waals surface area (Å²) in [6, 6.07) is 7.61. The highest BCUT2D eigenvalue weighted by Gasteiger charge is 2.36. The summed E-state index contributed by atoms with van der Waals surface area (Å²) in [7, 11) is 0. The van der Waals surface area contributed by atoms with Gasteiger partial charge in [0, 0.05) is 17.1 Å². The van der Waals surface area contributed by atoms with Crippen LogP contribution in [0.2, 0.25) is 5.15 Å². The van der Waals surface area contributed by atoms with Crippen LogP contribution in [0.3, 0.4) is 0 Å². The van der Waals surface area contributed by atoms with Gasteiger partial charge < -0.3 is 5.32 Å². The Balaban J connectivity index is 1.98. The monoisotopic (exact) mass is 288 g/mol. The highest BCUT2D eigenvalue weighted by atomic mass is 35.5. The van der Waals surface area contributed by atoms with E-state index in [0.717, 1.165) is 30.0 Å². The van der Waals surface area contributed by atoms with Crippen LogP contribution in [0.15, 0.2) is 30.5 Å². The number of halogens is 1. The van der Waals surface area contributed by atoms with E-state index >= 15 is 0 Å². The average Bonchev–Trinajstić information content (AvgIpc) is 2.43. The Morgan fingerprint density at radius 1 is 1.35 bits per heavy atom. The Labute approximate surface area is 123 Å². The van der Waals surface area contributed by atoms with Gasteiger partial charge in [0.05, 0.1) is 5.56 Å². The number of benzene rings is 1. The van der Waals surface area contributed by atoms with Gasteiger partial charge in [0.15, 0.2) is 0 Å². The van der Waals surface area contributed by atoms with Gasteiger partial charge in [-0.3, -0.25) is 4.79 Å². The Hall–Kier alpha value is -1.61. The number of nitrogens with zero attached hydrogens (tertiary/aromatic N) is 1. The summed E-state index contributed by atoms with van der Waals surface area (Å²) in [5.41, 5.74) is 0.586. The van der Waals surface area contributed by atoms with E-state index in [1.807, 2.05) is 24.3 Å². The van der Waals surface area contributed by atoms with Crippen LogP contribution in [0.4, 0.5) is 0 Å². The number of aromatic nitrogens is 1. The van der Waals surface area contributed by atoms with Crippen LogP contribution in [-0.4, -0.2) is 16.4 Å². The van der Waals surface area contributed by atoms with Gasteiger partial charge in [-0.1, -0.05) is 42.8 Å². The van der Waals surface area contributed by atoms with Gasteiger partial charge in [-0.15, -0.1) is 0 Å². The molecule has 20 heavy (non-hydrogen) atoms. The minimum Gasteiger partial charge on any atom is -0.347 e. The first-order valence-electron chi connectivity index (χ1n) is 7.01. The molecule has 1 saturated carbocycles. The molecule has 1 aliphatic carbocycles. The Morgan fingerprint density at radius 2 is 2.05 bits per heavy atom. The highest BCUT2D eigenvalue weighted by Crippen LogP contribution is 2.35. The zero-order valence-corrected chi connectivity index (χ0v) is 12.2. The van der Waals surface area contributed by atoms with Crippen molar-refractivity contribution in [3.05, 3.63) is 41.2 Å². The molecule has 0 saturated heterocycles. The third-order valence-electron chi connectivity index (χ3n) is 4.36. The first-order chi connectivity index (χ1) is 9.65. The van der Waals surface area contributed by atoms with E-state index in [2.05, 4.69) is 17.2 Å². The lowest BCUT2D eigenvalue weighted by atomic mass is 9.74. The molecule has 3 nitrogen and oxygen atoms in total. The van der Waals surface area contributed by atoms with Crippen LogP contribution in [0.25, 0.3) is 10.8 Å². The van der Waals surface area contributed by atoms with Crippen molar-refractivity contribution in [2.75, 3.05) is 0 Å². The molecule has 0 atom stereocenters. The number of hydrogen-bond donors (Lipinski definition) is 1. The van der Waals surface area contributed by atoms with E-state index < -0.39 is 0 Å². The van der Waals surface area contributed by atoms with Crippen LogP contribution >= 0.6 is 11.6 Å². The van der Waals surface area contributed by atoms with Crippen molar-refractivity contribution >= 4 is 28.3 Å². The SMILES string of the molecule is CCC1(NC(=O)c2cnc(Cl)c3ccccc23)CCC1. The molecule has 0 unspecified atom stereocenters. The first-order valence-corrected chi connectivity index (χ1v) is 7.39. The molecule has 104 valence electrons. The number of nitrogens with one attached hydrogen (secondary N) is 1. The van der Waals surface area contributed by atoms with E-state index in [1.54, 1.807) is 6.20 Å². The molecule has 1 heterocycles. The van der Waals surface area contributed by atoms with Crippen molar-refractivity contribution < 1.29 is 4.79 Å². The lowest BCUT2D eigenvalue weighted by Gasteiger charge is -2.42. The summed E-state index contributed by atoms with van der Waals surface area (Å²) in [5, 5.41) is 5.30. The van der Waals surface area contributed by atoms with Crippen molar-refractivity contribution in [2.24, 2.45) is 0 Å². The molecule has 0 bridgehead atoms. The van der Waals surface area contributed by atoms with Gasteiger partial charge in [-0.25, -0.2) is 4.98 Å². The fourth-order valence-electron chi connectivity index (χ4n) is 2.82. The van der Waals surface area contributed by atoms with E-state index in [4.69, 9.17) is 11.6 Å². The average molecular weight is 289 g/mol. The number of fused-ring (bicyclic) bond motifs is 1. The molecule has 4 heteroatoms. The van der Waals surface area contributed by atoms with Crippen molar-refractivity contribution in [3.8, 4) is 0 Å². The molecule has 0 aliphatic heterocycles. The third-order valence-corrected chi connectivity index (χ3v) is 4.66. The maximum atomic E-state index is 12.5. The van der Waals surface area contributed by atoms with Gasteiger partial charge >= 0.3 is 0 Å². The molecule has 0 radical (unpaired) electrons. The molecule has 1 N–H and O–H groups in total. The second kappa shape index (κ2) is 5.06. The first kappa shape index (κ1) is 13.4. The van der Waals surface area contributed by atoms with E-state index in [-0.39, 0.29) is 11.4 Å². The minimum atomic E-state index is -0.0492. The fourth-order valence-corrected chi connectivity index (χ4v) is 3.03. The summed E-state index contributed by atoms with van der Waals surface area (Å²) >= 11 is 6.09. The summed E-state index contributed by atoms with van der Waals surface area (Å²) in [6.07, 6.45) is 5.86. The quantitative estimate of drug-likeness (QED) is 0.869. The Bertz CT molecular complexity index is 659. The predicted octanol–water partition coefficient (Wildman–Crippen LogP) is 3.95.